The maximum absolute atomic E-state index is 13.1. The number of carbonyl (C=O) groups is 1. The highest BCUT2D eigenvalue weighted by atomic mass is 32.1. The van der Waals surface area contributed by atoms with Crippen LogP contribution < -0.4 is 10.1 Å². The topological polar surface area (TPSA) is 72.3 Å². The van der Waals surface area contributed by atoms with E-state index in [0.29, 0.717) is 22.8 Å². The van der Waals surface area contributed by atoms with Gasteiger partial charge < -0.3 is 9.30 Å². The Labute approximate surface area is 203 Å². The van der Waals surface area contributed by atoms with Crippen LogP contribution in [0.2, 0.25) is 0 Å². The highest BCUT2D eigenvalue weighted by molar-refractivity contribution is 7.13. The Bertz CT molecular complexity index is 1260. The molecule has 0 spiro atoms. The molecule has 0 atom stereocenters. The third kappa shape index (κ3) is 4.69. The zero-order valence-electron chi connectivity index (χ0n) is 19.4. The first-order chi connectivity index (χ1) is 16.7. The molecule has 1 N–H and O–H groups in total. The second-order valence-electron chi connectivity index (χ2n) is 8.45. The van der Waals surface area contributed by atoms with E-state index in [0.717, 1.165) is 55.3 Å². The molecule has 0 aliphatic carbocycles. The zero-order chi connectivity index (χ0) is 23.3. The van der Waals surface area contributed by atoms with E-state index in [1.165, 1.54) is 24.2 Å². The number of imidazole rings is 1. The minimum absolute atomic E-state index is 0.205. The smallest absolute Gasteiger partial charge is 0.259 e. The molecule has 1 saturated heterocycles. The molecule has 8 heteroatoms. The van der Waals surface area contributed by atoms with Crippen molar-refractivity contribution in [3.63, 3.8) is 0 Å². The van der Waals surface area contributed by atoms with Gasteiger partial charge in [0.25, 0.3) is 5.91 Å². The van der Waals surface area contributed by atoms with Gasteiger partial charge in [0.1, 0.15) is 23.7 Å². The predicted molar refractivity (Wildman–Crippen MR) is 137 cm³/mol. The van der Waals surface area contributed by atoms with Crippen molar-refractivity contribution in [2.24, 2.45) is 0 Å². The lowest BCUT2D eigenvalue weighted by molar-refractivity contribution is 0.102. The largest absolute Gasteiger partial charge is 0.491 e. The summed E-state index contributed by atoms with van der Waals surface area (Å²) in [5.74, 6) is 1.44. The van der Waals surface area contributed by atoms with Gasteiger partial charge in [-0.25, -0.2) is 9.97 Å². The Kier molecular flexibility index (Phi) is 6.87. The van der Waals surface area contributed by atoms with E-state index in [9.17, 15) is 4.79 Å². The molecule has 7 nitrogen and oxygen atoms in total. The van der Waals surface area contributed by atoms with E-state index in [-0.39, 0.29) is 5.91 Å². The van der Waals surface area contributed by atoms with E-state index in [4.69, 9.17) is 9.72 Å². The van der Waals surface area contributed by atoms with Gasteiger partial charge in [-0.2, -0.15) is 0 Å². The molecule has 5 rings (SSSR count). The Morgan fingerprint density at radius 3 is 2.76 bits per heavy atom. The highest BCUT2D eigenvalue weighted by Crippen LogP contribution is 2.33. The average Bonchev–Trinajstić information content (AvgIpc) is 3.62. The minimum Gasteiger partial charge on any atom is -0.491 e. The van der Waals surface area contributed by atoms with E-state index >= 15 is 0 Å². The standard InChI is InChI=1S/C26H29N5O2S/c1-2-13-31-21-10-7-9-20(25(32)29-26-27-12-18-34-26)23(21)28-24(31)19-8-3-4-11-22(19)33-17-16-30-14-5-6-15-30/h3-4,7-12,18H,2,5-6,13-17H2,1H3,(H,27,29,32). The van der Waals surface area contributed by atoms with Gasteiger partial charge in [0.2, 0.25) is 0 Å². The number of hydrogen-bond acceptors (Lipinski definition) is 6. The monoisotopic (exact) mass is 475 g/mol. The van der Waals surface area contributed by atoms with Gasteiger partial charge in [-0.3, -0.25) is 15.0 Å². The molecule has 1 amide bonds. The van der Waals surface area contributed by atoms with E-state index in [1.54, 1.807) is 6.20 Å². The van der Waals surface area contributed by atoms with Gasteiger partial charge in [0.05, 0.1) is 16.6 Å². The molecule has 0 unspecified atom stereocenters. The second-order valence-corrected chi connectivity index (χ2v) is 9.34. The number of benzene rings is 2. The van der Waals surface area contributed by atoms with Gasteiger partial charge in [-0.1, -0.05) is 25.1 Å². The Balaban J connectivity index is 1.49. The van der Waals surface area contributed by atoms with Gasteiger partial charge in [-0.05, 0) is 56.6 Å². The number of likely N-dealkylation sites (tertiary alicyclic amines) is 1. The van der Waals surface area contributed by atoms with Crippen molar-refractivity contribution >= 4 is 33.4 Å². The average molecular weight is 476 g/mol. The SMILES string of the molecule is CCCn1c(-c2ccccc2OCCN2CCCC2)nc2c(C(=O)Nc3nccs3)cccc21. The predicted octanol–water partition coefficient (Wildman–Crippen LogP) is 5.30. The Morgan fingerprint density at radius 2 is 1.97 bits per heavy atom. The lowest BCUT2D eigenvalue weighted by atomic mass is 10.1. The molecule has 3 heterocycles. The lowest BCUT2D eigenvalue weighted by Gasteiger charge is -2.17. The first-order valence-corrected chi connectivity index (χ1v) is 12.8. The fraction of sp³-hybridized carbons (Fsp3) is 0.346. The van der Waals surface area contributed by atoms with E-state index in [1.807, 2.05) is 47.8 Å². The van der Waals surface area contributed by atoms with Crippen LogP contribution in [0.4, 0.5) is 5.13 Å². The third-order valence-corrected chi connectivity index (χ3v) is 6.80. The second kappa shape index (κ2) is 10.4. The number of amides is 1. The van der Waals surface area contributed by atoms with Crippen molar-refractivity contribution in [1.29, 1.82) is 0 Å². The van der Waals surface area contributed by atoms with Gasteiger partial charge in [0.15, 0.2) is 5.13 Å². The maximum atomic E-state index is 13.1. The number of hydrogen-bond donors (Lipinski definition) is 1. The summed E-state index contributed by atoms with van der Waals surface area (Å²) in [6.07, 6.45) is 5.17. The number of ether oxygens (including phenoxy) is 1. The van der Waals surface area contributed by atoms with Crippen LogP contribution in [0, 0.1) is 0 Å². The van der Waals surface area contributed by atoms with Crippen LogP contribution in [0.25, 0.3) is 22.4 Å². The van der Waals surface area contributed by atoms with Gasteiger partial charge in [-0.15, -0.1) is 11.3 Å². The number of nitrogens with one attached hydrogen (secondary N) is 1. The Hall–Kier alpha value is -3.23. The molecule has 4 aromatic rings. The van der Waals surface area contributed by atoms with Crippen LogP contribution in [0.15, 0.2) is 54.0 Å². The normalized spacial score (nSPS) is 14.0. The van der Waals surface area contributed by atoms with Crippen LogP contribution >= 0.6 is 11.3 Å². The molecule has 0 bridgehead atoms. The van der Waals surface area contributed by atoms with Crippen molar-refractivity contribution in [3.05, 3.63) is 59.6 Å². The molecule has 0 saturated carbocycles. The molecule has 1 aliphatic heterocycles. The number of aromatic nitrogens is 3. The molecular weight excluding hydrogens is 446 g/mol. The first-order valence-electron chi connectivity index (χ1n) is 11.9. The van der Waals surface area contributed by atoms with E-state index < -0.39 is 0 Å². The van der Waals surface area contributed by atoms with Crippen molar-refractivity contribution in [3.8, 4) is 17.1 Å². The Morgan fingerprint density at radius 1 is 1.12 bits per heavy atom. The highest BCUT2D eigenvalue weighted by Gasteiger charge is 2.21. The molecule has 176 valence electrons. The fourth-order valence-corrected chi connectivity index (χ4v) is 5.03. The number of rotatable bonds is 9. The van der Waals surface area contributed by atoms with Crippen LogP contribution in [0.1, 0.15) is 36.5 Å². The zero-order valence-corrected chi connectivity index (χ0v) is 20.2. The summed E-state index contributed by atoms with van der Waals surface area (Å²) in [6, 6.07) is 13.8. The number of fused-ring (bicyclic) bond motifs is 1. The van der Waals surface area contributed by atoms with E-state index in [2.05, 4.69) is 26.7 Å². The van der Waals surface area contributed by atoms with Crippen molar-refractivity contribution in [2.75, 3.05) is 31.6 Å². The summed E-state index contributed by atoms with van der Waals surface area (Å²) in [7, 11) is 0. The van der Waals surface area contributed by atoms with Crippen molar-refractivity contribution in [2.45, 2.75) is 32.7 Å². The third-order valence-electron chi connectivity index (χ3n) is 6.12. The number of aryl methyl sites for hydroxylation is 1. The minimum atomic E-state index is -0.205. The fourth-order valence-electron chi connectivity index (χ4n) is 4.50. The number of para-hydroxylation sites is 2. The van der Waals surface area contributed by atoms with Crippen molar-refractivity contribution in [1.82, 2.24) is 19.4 Å². The summed E-state index contributed by atoms with van der Waals surface area (Å²) in [6.45, 7) is 6.83. The lowest BCUT2D eigenvalue weighted by Crippen LogP contribution is -2.25. The molecule has 2 aromatic heterocycles. The molecule has 34 heavy (non-hydrogen) atoms. The van der Waals surface area contributed by atoms with Crippen LogP contribution in [-0.4, -0.2) is 51.6 Å². The first kappa shape index (κ1) is 22.6. The summed E-state index contributed by atoms with van der Waals surface area (Å²) >= 11 is 1.39. The number of nitrogens with zero attached hydrogens (tertiary/aromatic N) is 4. The molecular formula is C26H29N5O2S. The molecule has 1 aliphatic rings. The summed E-state index contributed by atoms with van der Waals surface area (Å²) in [4.78, 5) is 24.7. The summed E-state index contributed by atoms with van der Waals surface area (Å²) in [5, 5.41) is 5.30. The maximum Gasteiger partial charge on any atom is 0.259 e. The number of anilines is 1. The number of thiazole rings is 1. The molecule has 0 radical (unpaired) electrons. The van der Waals surface area contributed by atoms with Crippen LogP contribution in [0.5, 0.6) is 5.75 Å². The summed E-state index contributed by atoms with van der Waals surface area (Å²) < 4.78 is 8.44. The molecule has 1 fully saturated rings. The molecule has 2 aromatic carbocycles. The van der Waals surface area contributed by atoms with Crippen LogP contribution in [-0.2, 0) is 6.54 Å². The van der Waals surface area contributed by atoms with Crippen molar-refractivity contribution < 1.29 is 9.53 Å². The van der Waals surface area contributed by atoms with Crippen LogP contribution in [0.3, 0.4) is 0 Å². The van der Waals surface area contributed by atoms with Gasteiger partial charge >= 0.3 is 0 Å². The number of carbonyl (C=O) groups excluding carboxylic acids is 1. The quantitative estimate of drug-likeness (QED) is 0.356. The summed E-state index contributed by atoms with van der Waals surface area (Å²) in [5.41, 5.74) is 3.11. The van der Waals surface area contributed by atoms with Gasteiger partial charge in [0, 0.05) is 24.7 Å².